The van der Waals surface area contributed by atoms with Gasteiger partial charge in [0.1, 0.15) is 0 Å². The molecule has 0 saturated heterocycles. The number of rotatable bonds is 3. The average molecular weight is 231 g/mol. The van der Waals surface area contributed by atoms with E-state index in [0.717, 1.165) is 5.75 Å². The van der Waals surface area contributed by atoms with Gasteiger partial charge in [-0.3, -0.25) is 4.79 Å². The molecule has 2 N–H and O–H groups in total. The van der Waals surface area contributed by atoms with Gasteiger partial charge >= 0.3 is 0 Å². The van der Waals surface area contributed by atoms with Gasteiger partial charge in [0.25, 0.3) is 0 Å². The normalized spacial score (nSPS) is 8.71. The second kappa shape index (κ2) is 4.70. The van der Waals surface area contributed by atoms with Gasteiger partial charge < -0.3 is 5.73 Å². The minimum atomic E-state index is -0.218. The van der Waals surface area contributed by atoms with Crippen LogP contribution >= 0.6 is 30.1 Å². The highest BCUT2D eigenvalue weighted by atomic mass is 127. The van der Waals surface area contributed by atoms with Crippen LogP contribution in [0, 0.1) is 0 Å². The Morgan fingerprint density at radius 2 is 2.43 bits per heavy atom. The second-order valence-electron chi connectivity index (χ2n) is 1.03. The predicted octanol–water partition coefficient (Wildman–Crippen LogP) is 0.945. The summed E-state index contributed by atoms with van der Waals surface area (Å²) in [7, 11) is 1.60. The third-order valence-electron chi connectivity index (χ3n) is 0.426. The zero-order chi connectivity index (χ0) is 5.70. The van der Waals surface area contributed by atoms with E-state index in [2.05, 4.69) is 21.2 Å². The molecule has 0 spiro atoms. The van der Waals surface area contributed by atoms with E-state index in [4.69, 9.17) is 5.73 Å². The van der Waals surface area contributed by atoms with Gasteiger partial charge in [0.2, 0.25) is 5.91 Å². The Morgan fingerprint density at radius 1 is 1.86 bits per heavy atom. The largest absolute Gasteiger partial charge is 0.370 e. The highest BCUT2D eigenvalue weighted by molar-refractivity contribution is 14.2. The zero-order valence-electron chi connectivity index (χ0n) is 3.69. The molecule has 0 aromatic heterocycles. The smallest absolute Gasteiger partial charge is 0.218 e. The minimum Gasteiger partial charge on any atom is -0.370 e. The van der Waals surface area contributed by atoms with Crippen molar-refractivity contribution in [3.05, 3.63) is 0 Å². The van der Waals surface area contributed by atoms with E-state index >= 15 is 0 Å². The molecule has 42 valence electrons. The van der Waals surface area contributed by atoms with Gasteiger partial charge in [0, 0.05) is 12.2 Å². The van der Waals surface area contributed by atoms with Gasteiger partial charge in [-0.1, -0.05) is 8.93 Å². The fourth-order valence-corrected chi connectivity index (χ4v) is 1.08. The monoisotopic (exact) mass is 231 g/mol. The quantitative estimate of drug-likeness (QED) is 0.734. The Hall–Kier alpha value is 0.550. The first-order chi connectivity index (χ1) is 3.27. The van der Waals surface area contributed by atoms with Gasteiger partial charge in [-0.05, 0) is 21.2 Å². The maximum atomic E-state index is 9.96. The number of carbonyl (C=O) groups is 1. The van der Waals surface area contributed by atoms with Gasteiger partial charge in [0.15, 0.2) is 0 Å². The summed E-state index contributed by atoms with van der Waals surface area (Å²) < 4.78 is 0. The van der Waals surface area contributed by atoms with Crippen LogP contribution in [0.2, 0.25) is 0 Å². The molecule has 1 amide bonds. The maximum Gasteiger partial charge on any atom is 0.218 e. The van der Waals surface area contributed by atoms with Crippen molar-refractivity contribution in [2.75, 3.05) is 5.75 Å². The van der Waals surface area contributed by atoms with Crippen LogP contribution in [0.25, 0.3) is 0 Å². The molecule has 7 heavy (non-hydrogen) atoms. The maximum absolute atomic E-state index is 9.96. The van der Waals surface area contributed by atoms with Crippen LogP contribution in [0.5, 0.6) is 0 Å². The van der Waals surface area contributed by atoms with Crippen LogP contribution in [0.4, 0.5) is 0 Å². The standard InChI is InChI=1S/C3H6INOS/c4-7-2-1-3(5)6/h1-2H2,(H2,5,6). The molecule has 0 heterocycles. The molecule has 0 aromatic carbocycles. The van der Waals surface area contributed by atoms with Crippen molar-refractivity contribution in [2.24, 2.45) is 5.73 Å². The summed E-state index contributed by atoms with van der Waals surface area (Å²) in [6.45, 7) is 0. The van der Waals surface area contributed by atoms with Crippen molar-refractivity contribution in [3.8, 4) is 0 Å². The molecular weight excluding hydrogens is 225 g/mol. The lowest BCUT2D eigenvalue weighted by molar-refractivity contribution is -0.117. The van der Waals surface area contributed by atoms with Gasteiger partial charge in [-0.25, -0.2) is 0 Å². The van der Waals surface area contributed by atoms with Gasteiger partial charge in [-0.2, -0.15) is 0 Å². The van der Waals surface area contributed by atoms with E-state index in [1.807, 2.05) is 0 Å². The lowest BCUT2D eigenvalue weighted by Gasteiger charge is -1.85. The molecule has 0 aliphatic heterocycles. The Balaban J connectivity index is 2.82. The lowest BCUT2D eigenvalue weighted by Crippen LogP contribution is -2.10. The van der Waals surface area contributed by atoms with Crippen molar-refractivity contribution in [2.45, 2.75) is 6.42 Å². The number of carbonyl (C=O) groups excluding carboxylic acids is 1. The summed E-state index contributed by atoms with van der Waals surface area (Å²) in [5.41, 5.74) is 4.82. The average Bonchev–Trinajstić information content (AvgIpc) is 1.61. The second-order valence-corrected chi connectivity index (χ2v) is 3.52. The van der Waals surface area contributed by atoms with Crippen molar-refractivity contribution in [1.29, 1.82) is 0 Å². The van der Waals surface area contributed by atoms with Crippen molar-refractivity contribution >= 4 is 36.0 Å². The third-order valence-corrected chi connectivity index (χ3v) is 2.11. The van der Waals surface area contributed by atoms with E-state index < -0.39 is 0 Å². The number of halogens is 1. The van der Waals surface area contributed by atoms with Crippen molar-refractivity contribution in [1.82, 2.24) is 0 Å². The number of hydrogen-bond donors (Lipinski definition) is 1. The minimum absolute atomic E-state index is 0.218. The number of primary amides is 1. The molecule has 0 saturated carbocycles. The molecule has 2 nitrogen and oxygen atoms in total. The first kappa shape index (κ1) is 7.55. The molecular formula is C3H6INOS. The molecule has 0 aliphatic rings. The molecule has 4 heteroatoms. The SMILES string of the molecule is NC(=O)CCSI. The van der Waals surface area contributed by atoms with E-state index in [-0.39, 0.29) is 5.91 Å². The van der Waals surface area contributed by atoms with Crippen LogP contribution in [-0.4, -0.2) is 11.7 Å². The lowest BCUT2D eigenvalue weighted by atomic mass is 10.5. The Labute approximate surface area is 58.8 Å². The Morgan fingerprint density at radius 3 is 2.57 bits per heavy atom. The van der Waals surface area contributed by atoms with Crippen molar-refractivity contribution in [3.63, 3.8) is 0 Å². The summed E-state index contributed by atoms with van der Waals surface area (Å²) >= 11 is 2.13. The van der Waals surface area contributed by atoms with E-state index in [0.29, 0.717) is 6.42 Å². The summed E-state index contributed by atoms with van der Waals surface area (Å²) in [6.07, 6.45) is 0.494. The molecule has 0 rings (SSSR count). The summed E-state index contributed by atoms with van der Waals surface area (Å²) in [5, 5.41) is 0. The zero-order valence-corrected chi connectivity index (χ0v) is 6.66. The fourth-order valence-electron chi connectivity index (χ4n) is 0.139. The number of amides is 1. The highest BCUT2D eigenvalue weighted by Gasteiger charge is 1.89. The predicted molar refractivity (Wildman–Crippen MR) is 40.3 cm³/mol. The summed E-state index contributed by atoms with van der Waals surface area (Å²) in [4.78, 5) is 9.96. The van der Waals surface area contributed by atoms with Gasteiger partial charge in [0.05, 0.1) is 0 Å². The molecule has 0 atom stereocenters. The van der Waals surface area contributed by atoms with E-state index in [1.54, 1.807) is 8.93 Å². The molecule has 0 aliphatic carbocycles. The molecule has 0 radical (unpaired) electrons. The molecule has 0 bridgehead atoms. The highest BCUT2D eigenvalue weighted by Crippen LogP contribution is 2.10. The molecule has 0 fully saturated rings. The van der Waals surface area contributed by atoms with Crippen LogP contribution in [0.1, 0.15) is 6.42 Å². The van der Waals surface area contributed by atoms with Crippen LogP contribution in [0.3, 0.4) is 0 Å². The number of nitrogens with two attached hydrogens (primary N) is 1. The van der Waals surface area contributed by atoms with E-state index in [9.17, 15) is 4.79 Å². The van der Waals surface area contributed by atoms with Crippen LogP contribution in [0.15, 0.2) is 0 Å². The topological polar surface area (TPSA) is 43.1 Å². The first-order valence-corrected chi connectivity index (χ1v) is 5.32. The third kappa shape index (κ3) is 6.55. The Bertz CT molecular complexity index is 68.0. The van der Waals surface area contributed by atoms with E-state index in [1.165, 1.54) is 0 Å². The number of hydrogen-bond acceptors (Lipinski definition) is 2. The Kier molecular flexibility index (Phi) is 5.07. The van der Waals surface area contributed by atoms with Gasteiger partial charge in [-0.15, -0.1) is 0 Å². The summed E-state index contributed by atoms with van der Waals surface area (Å²) in [6, 6.07) is 0. The van der Waals surface area contributed by atoms with Crippen LogP contribution in [-0.2, 0) is 4.79 Å². The summed E-state index contributed by atoms with van der Waals surface area (Å²) in [5.74, 6) is 0.611. The van der Waals surface area contributed by atoms with Crippen molar-refractivity contribution < 1.29 is 4.79 Å². The first-order valence-electron chi connectivity index (χ1n) is 1.79. The fraction of sp³-hybridized carbons (Fsp3) is 0.667. The van der Waals surface area contributed by atoms with Crippen LogP contribution < -0.4 is 5.73 Å². The molecule has 0 unspecified atom stereocenters. The molecule has 0 aromatic rings.